The van der Waals surface area contributed by atoms with Crippen molar-refractivity contribution in [2.24, 2.45) is 4.99 Å². The summed E-state index contributed by atoms with van der Waals surface area (Å²) in [6.45, 7) is 0. The van der Waals surface area contributed by atoms with Crippen molar-refractivity contribution in [2.45, 2.75) is 29.1 Å². The molecule has 0 amide bonds. The van der Waals surface area contributed by atoms with Gasteiger partial charge in [0.2, 0.25) is 0 Å². The van der Waals surface area contributed by atoms with Crippen molar-refractivity contribution in [3.63, 3.8) is 0 Å². The molecule has 1 aliphatic heterocycles. The Morgan fingerprint density at radius 2 is 0.935 bits per heavy atom. The topological polar surface area (TPSA) is 38.1 Å². The SMILES string of the molecule is C1=CCCC(c2cc(-c3ccc(-c4ccc(Sc5ccc(-c6ccc(C7=CC(c8ccccc8)=CCC(c8ccccc8)=N7)cc6)cc5)cc4)cc3)nc(-c3ccccc3)n2)=C1. The number of nitrogens with zero attached hydrogens (tertiary/aromatic N) is 3. The first-order valence-corrected chi connectivity index (χ1v) is 22.0. The van der Waals surface area contributed by atoms with E-state index in [0.717, 1.165) is 70.1 Å². The second kappa shape index (κ2) is 18.1. The first-order chi connectivity index (χ1) is 30.7. The van der Waals surface area contributed by atoms with Gasteiger partial charge in [-0.25, -0.2) is 9.97 Å². The first-order valence-electron chi connectivity index (χ1n) is 21.2. The zero-order valence-electron chi connectivity index (χ0n) is 34.2. The minimum absolute atomic E-state index is 0.752. The predicted molar refractivity (Wildman–Crippen MR) is 261 cm³/mol. The zero-order chi connectivity index (χ0) is 41.5. The molecule has 8 aromatic rings. The highest BCUT2D eigenvalue weighted by molar-refractivity contribution is 7.99. The maximum absolute atomic E-state index is 5.23. The standard InChI is InChI=1S/C58H43N3S/c1-5-13-41(14-6-1)51-33-38-54(46-15-7-2-8-16-46)59-55(39-51)48-25-21-42(22-26-48)44-29-34-52(35-30-44)62-53-36-31-45(32-37-53)43-23-27-49(28-24-43)57-40-56(47-17-9-3-10-18-47)60-58(61-57)50-19-11-4-12-20-50/h1-9,11-17,19-37,39-40H,10,18,38H2. The van der Waals surface area contributed by atoms with Gasteiger partial charge in [0.1, 0.15) is 0 Å². The molecular formula is C58H43N3S. The van der Waals surface area contributed by atoms with Crippen molar-refractivity contribution in [1.29, 1.82) is 0 Å². The van der Waals surface area contributed by atoms with Crippen LogP contribution in [0.3, 0.4) is 0 Å². The van der Waals surface area contributed by atoms with Crippen LogP contribution in [0.5, 0.6) is 0 Å². The maximum Gasteiger partial charge on any atom is 0.160 e. The van der Waals surface area contributed by atoms with E-state index in [0.29, 0.717) is 0 Å². The summed E-state index contributed by atoms with van der Waals surface area (Å²) in [6.07, 6.45) is 13.8. The van der Waals surface area contributed by atoms with Crippen LogP contribution in [0, 0.1) is 0 Å². The molecule has 3 nitrogen and oxygen atoms in total. The van der Waals surface area contributed by atoms with Crippen LogP contribution >= 0.6 is 11.8 Å². The summed E-state index contributed by atoms with van der Waals surface area (Å²) in [7, 11) is 0. The molecule has 2 aliphatic rings. The molecule has 2 heterocycles. The highest BCUT2D eigenvalue weighted by Gasteiger charge is 2.15. The Balaban J connectivity index is 0.824. The summed E-state index contributed by atoms with van der Waals surface area (Å²) in [5.41, 5.74) is 16.7. The molecule has 10 rings (SSSR count). The van der Waals surface area contributed by atoms with Crippen LogP contribution in [0.4, 0.5) is 0 Å². The third kappa shape index (κ3) is 8.88. The van der Waals surface area contributed by atoms with E-state index < -0.39 is 0 Å². The van der Waals surface area contributed by atoms with E-state index >= 15 is 0 Å². The third-order valence-electron chi connectivity index (χ3n) is 11.4. The van der Waals surface area contributed by atoms with Gasteiger partial charge in [0.25, 0.3) is 0 Å². The van der Waals surface area contributed by atoms with E-state index in [9.17, 15) is 0 Å². The van der Waals surface area contributed by atoms with E-state index in [1.165, 1.54) is 48.8 Å². The van der Waals surface area contributed by atoms with Gasteiger partial charge in [0.05, 0.1) is 22.8 Å². The van der Waals surface area contributed by atoms with Gasteiger partial charge >= 0.3 is 0 Å². The lowest BCUT2D eigenvalue weighted by Crippen LogP contribution is -1.99. The molecule has 1 aliphatic carbocycles. The van der Waals surface area contributed by atoms with Crippen LogP contribution in [0.15, 0.2) is 239 Å². The molecule has 0 N–H and O–H groups in total. The summed E-state index contributed by atoms with van der Waals surface area (Å²) < 4.78 is 0. The summed E-state index contributed by atoms with van der Waals surface area (Å²) >= 11 is 1.78. The van der Waals surface area contributed by atoms with Crippen molar-refractivity contribution >= 4 is 34.3 Å². The molecule has 0 radical (unpaired) electrons. The van der Waals surface area contributed by atoms with Gasteiger partial charge in [0.15, 0.2) is 5.82 Å². The molecule has 0 spiro atoms. The highest BCUT2D eigenvalue weighted by Crippen LogP contribution is 2.35. The highest BCUT2D eigenvalue weighted by atomic mass is 32.2. The number of rotatable bonds is 10. The Kier molecular flexibility index (Phi) is 11.3. The smallest absolute Gasteiger partial charge is 0.160 e. The van der Waals surface area contributed by atoms with E-state index in [1.807, 2.05) is 18.2 Å². The van der Waals surface area contributed by atoms with Crippen LogP contribution in [-0.4, -0.2) is 15.7 Å². The summed E-state index contributed by atoms with van der Waals surface area (Å²) in [5, 5.41) is 0. The fourth-order valence-electron chi connectivity index (χ4n) is 7.95. The molecule has 0 bridgehead atoms. The van der Waals surface area contributed by atoms with Gasteiger partial charge in [-0.2, -0.15) is 0 Å². The number of aromatic nitrogens is 2. The average molecular weight is 814 g/mol. The Hall–Kier alpha value is -7.40. The Labute approximate surface area is 368 Å². The maximum atomic E-state index is 5.23. The normalized spacial score (nSPS) is 13.7. The molecule has 1 aromatic heterocycles. The molecular weight excluding hydrogens is 771 g/mol. The van der Waals surface area contributed by atoms with Gasteiger partial charge in [-0.05, 0) is 93.8 Å². The monoisotopic (exact) mass is 813 g/mol. The summed E-state index contributed by atoms with van der Waals surface area (Å²) in [5.74, 6) is 0.752. The minimum atomic E-state index is 0.752. The van der Waals surface area contributed by atoms with Crippen LogP contribution < -0.4 is 0 Å². The van der Waals surface area contributed by atoms with E-state index in [4.69, 9.17) is 15.0 Å². The van der Waals surface area contributed by atoms with Gasteiger partial charge in [0, 0.05) is 32.9 Å². The molecule has 0 saturated heterocycles. The lowest BCUT2D eigenvalue weighted by molar-refractivity contribution is 1.03. The van der Waals surface area contributed by atoms with Crippen molar-refractivity contribution in [3.8, 4) is 44.9 Å². The lowest BCUT2D eigenvalue weighted by atomic mass is 9.99. The molecule has 62 heavy (non-hydrogen) atoms. The number of hydrogen-bond donors (Lipinski definition) is 0. The zero-order valence-corrected chi connectivity index (χ0v) is 35.0. The average Bonchev–Trinajstić information content (AvgIpc) is 3.59. The van der Waals surface area contributed by atoms with Crippen LogP contribution in [0.1, 0.15) is 41.6 Å². The Morgan fingerprint density at radius 3 is 1.50 bits per heavy atom. The first kappa shape index (κ1) is 38.8. The number of aliphatic imine (C=N–C) groups is 1. The molecule has 0 fully saturated rings. The van der Waals surface area contributed by atoms with Crippen LogP contribution in [-0.2, 0) is 0 Å². The summed E-state index contributed by atoms with van der Waals surface area (Å²) in [6, 6.07) is 68.7. The predicted octanol–water partition coefficient (Wildman–Crippen LogP) is 15.3. The molecule has 0 saturated carbocycles. The van der Waals surface area contributed by atoms with Crippen molar-refractivity contribution in [2.75, 3.05) is 0 Å². The second-order valence-corrected chi connectivity index (χ2v) is 16.6. The number of benzene rings is 7. The van der Waals surface area contributed by atoms with Crippen LogP contribution in [0.25, 0.3) is 61.7 Å². The Morgan fingerprint density at radius 1 is 0.435 bits per heavy atom. The molecule has 296 valence electrons. The van der Waals surface area contributed by atoms with Crippen molar-refractivity contribution in [1.82, 2.24) is 9.97 Å². The van der Waals surface area contributed by atoms with E-state index in [-0.39, 0.29) is 0 Å². The van der Waals surface area contributed by atoms with E-state index in [2.05, 4.69) is 206 Å². The number of allylic oxidation sites excluding steroid dienone is 7. The van der Waals surface area contributed by atoms with Gasteiger partial charge in [-0.15, -0.1) is 0 Å². The van der Waals surface area contributed by atoms with Crippen molar-refractivity contribution < 1.29 is 0 Å². The molecule has 4 heteroatoms. The Bertz CT molecular complexity index is 2980. The largest absolute Gasteiger partial charge is 0.252 e. The quantitative estimate of drug-likeness (QED) is 0.138. The lowest BCUT2D eigenvalue weighted by Gasteiger charge is -2.13. The fraction of sp³-hybridized carbons (Fsp3) is 0.0517. The summed E-state index contributed by atoms with van der Waals surface area (Å²) in [4.78, 5) is 17.6. The minimum Gasteiger partial charge on any atom is -0.252 e. The van der Waals surface area contributed by atoms with Crippen LogP contribution in [0.2, 0.25) is 0 Å². The van der Waals surface area contributed by atoms with Gasteiger partial charge in [-0.1, -0.05) is 200 Å². The van der Waals surface area contributed by atoms with Gasteiger partial charge in [-0.3, -0.25) is 4.99 Å². The number of hydrogen-bond acceptors (Lipinski definition) is 4. The van der Waals surface area contributed by atoms with Gasteiger partial charge < -0.3 is 0 Å². The van der Waals surface area contributed by atoms with E-state index in [1.54, 1.807) is 11.8 Å². The molecule has 0 unspecified atom stereocenters. The molecule has 7 aromatic carbocycles. The molecule has 0 atom stereocenters. The third-order valence-corrected chi connectivity index (χ3v) is 12.4. The fourth-order valence-corrected chi connectivity index (χ4v) is 8.77. The second-order valence-electron chi connectivity index (χ2n) is 15.5. The van der Waals surface area contributed by atoms with Crippen molar-refractivity contribution in [3.05, 3.63) is 247 Å².